The first kappa shape index (κ1) is 22.7. The van der Waals surface area contributed by atoms with Gasteiger partial charge in [-0.2, -0.15) is 0 Å². The van der Waals surface area contributed by atoms with Crippen molar-refractivity contribution >= 4 is 34.9 Å². The molecule has 1 fully saturated rings. The lowest BCUT2D eigenvalue weighted by Gasteiger charge is -2.29. The molecule has 9 heteroatoms. The number of aromatic nitrogens is 2. The Morgan fingerprint density at radius 2 is 1.67 bits per heavy atom. The first-order valence-electron chi connectivity index (χ1n) is 10.9. The smallest absolute Gasteiger partial charge is 0.332 e. The van der Waals surface area contributed by atoms with Crippen LogP contribution >= 0.6 is 11.8 Å². The number of hydrogen-bond acceptors (Lipinski definition) is 6. The van der Waals surface area contributed by atoms with Crippen LogP contribution in [0.25, 0.3) is 0 Å². The third-order valence-electron chi connectivity index (χ3n) is 5.68. The molecule has 4 rings (SSSR count). The van der Waals surface area contributed by atoms with E-state index < -0.39 is 23.7 Å². The predicted octanol–water partition coefficient (Wildman–Crippen LogP) is 2.91. The van der Waals surface area contributed by atoms with Gasteiger partial charge in [0.2, 0.25) is 5.91 Å². The van der Waals surface area contributed by atoms with Crippen molar-refractivity contribution < 1.29 is 4.79 Å². The number of carbonyl (C=O) groups excluding carboxylic acids is 1. The third-order valence-corrected chi connectivity index (χ3v) is 6.76. The molecule has 33 heavy (non-hydrogen) atoms. The minimum atomic E-state index is -0.611. The number of benzene rings is 2. The standard InChI is InChI=1S/C24H27N5O3S/c1-27-22(25)21(28-14-8-3-9-15-28)23(31)29(24(27)32)16-20(30)26-18-12-6-7-13-19(18)33-17-10-4-2-5-11-17/h2,4-7,10-13H,3,8-9,14-16,25H2,1H3,(H,26,30). The molecular formula is C24H27N5O3S. The quantitative estimate of drug-likeness (QED) is 0.580. The van der Waals surface area contributed by atoms with Gasteiger partial charge >= 0.3 is 5.69 Å². The number of nitrogen functional groups attached to an aromatic ring is 1. The molecule has 2 aromatic carbocycles. The SMILES string of the molecule is Cn1c(N)c(N2CCCCC2)c(=O)n(CC(=O)Nc2ccccc2Sc2ccccc2)c1=O. The van der Waals surface area contributed by atoms with E-state index in [0.29, 0.717) is 24.5 Å². The largest absolute Gasteiger partial charge is 0.383 e. The van der Waals surface area contributed by atoms with E-state index in [0.717, 1.165) is 33.6 Å². The molecule has 0 bridgehead atoms. The van der Waals surface area contributed by atoms with Crippen molar-refractivity contribution in [2.24, 2.45) is 7.05 Å². The molecule has 1 aliphatic rings. The zero-order chi connectivity index (χ0) is 23.4. The maximum atomic E-state index is 13.2. The van der Waals surface area contributed by atoms with Crippen LogP contribution in [0.1, 0.15) is 19.3 Å². The van der Waals surface area contributed by atoms with Crippen molar-refractivity contribution in [3.8, 4) is 0 Å². The lowest BCUT2D eigenvalue weighted by Crippen LogP contribution is -2.46. The highest BCUT2D eigenvalue weighted by molar-refractivity contribution is 7.99. The number of rotatable bonds is 6. The number of amides is 1. The fraction of sp³-hybridized carbons (Fsp3) is 0.292. The lowest BCUT2D eigenvalue weighted by molar-refractivity contribution is -0.116. The Kier molecular flexibility index (Phi) is 6.88. The van der Waals surface area contributed by atoms with E-state index in [1.807, 2.05) is 53.4 Å². The van der Waals surface area contributed by atoms with E-state index in [9.17, 15) is 14.4 Å². The molecular weight excluding hydrogens is 438 g/mol. The van der Waals surface area contributed by atoms with Crippen LogP contribution in [0.5, 0.6) is 0 Å². The van der Waals surface area contributed by atoms with Gasteiger partial charge in [-0.25, -0.2) is 9.36 Å². The van der Waals surface area contributed by atoms with Gasteiger partial charge in [-0.15, -0.1) is 0 Å². The average molecular weight is 466 g/mol. The zero-order valence-electron chi connectivity index (χ0n) is 18.5. The number of piperidine rings is 1. The maximum absolute atomic E-state index is 13.2. The molecule has 1 saturated heterocycles. The van der Waals surface area contributed by atoms with Crippen LogP contribution in [0.3, 0.4) is 0 Å². The Labute approximate surface area is 196 Å². The van der Waals surface area contributed by atoms with Gasteiger partial charge < -0.3 is 16.0 Å². The van der Waals surface area contributed by atoms with E-state index in [2.05, 4.69) is 5.32 Å². The number of anilines is 3. The number of para-hydroxylation sites is 1. The average Bonchev–Trinajstić information content (AvgIpc) is 2.83. The minimum absolute atomic E-state index is 0.133. The van der Waals surface area contributed by atoms with Gasteiger partial charge in [-0.1, -0.05) is 42.1 Å². The van der Waals surface area contributed by atoms with E-state index in [4.69, 9.17) is 5.73 Å². The summed E-state index contributed by atoms with van der Waals surface area (Å²) in [6, 6.07) is 17.3. The van der Waals surface area contributed by atoms with Crippen LogP contribution < -0.4 is 27.2 Å². The molecule has 0 radical (unpaired) electrons. The first-order valence-corrected chi connectivity index (χ1v) is 11.7. The van der Waals surface area contributed by atoms with Crippen LogP contribution in [0.2, 0.25) is 0 Å². The first-order chi connectivity index (χ1) is 16.0. The Hall–Kier alpha value is -3.46. The summed E-state index contributed by atoms with van der Waals surface area (Å²) in [5, 5.41) is 2.85. The lowest BCUT2D eigenvalue weighted by atomic mass is 10.1. The molecule has 1 amide bonds. The van der Waals surface area contributed by atoms with Gasteiger partial charge in [0.05, 0.1) is 5.69 Å². The van der Waals surface area contributed by atoms with Gasteiger partial charge in [-0.05, 0) is 43.5 Å². The molecule has 0 atom stereocenters. The molecule has 8 nitrogen and oxygen atoms in total. The van der Waals surface area contributed by atoms with Gasteiger partial charge in [0.25, 0.3) is 5.56 Å². The van der Waals surface area contributed by atoms with Crippen molar-refractivity contribution in [2.45, 2.75) is 35.6 Å². The Balaban J connectivity index is 1.59. The van der Waals surface area contributed by atoms with E-state index in [1.165, 1.54) is 23.4 Å². The van der Waals surface area contributed by atoms with Crippen molar-refractivity contribution in [1.82, 2.24) is 9.13 Å². The van der Waals surface area contributed by atoms with Gasteiger partial charge in [0.15, 0.2) is 0 Å². The van der Waals surface area contributed by atoms with Crippen molar-refractivity contribution in [2.75, 3.05) is 29.0 Å². The molecule has 1 aromatic heterocycles. The van der Waals surface area contributed by atoms with E-state index in [-0.39, 0.29) is 5.82 Å². The second-order valence-corrected chi connectivity index (χ2v) is 9.09. The molecule has 2 heterocycles. The molecule has 172 valence electrons. The van der Waals surface area contributed by atoms with Gasteiger partial charge in [0.1, 0.15) is 18.1 Å². The summed E-state index contributed by atoms with van der Waals surface area (Å²) in [6.45, 7) is 1.01. The summed E-state index contributed by atoms with van der Waals surface area (Å²) >= 11 is 1.52. The summed E-state index contributed by atoms with van der Waals surface area (Å²) in [5.74, 6) is -0.321. The highest BCUT2D eigenvalue weighted by atomic mass is 32.2. The number of carbonyl (C=O) groups is 1. The molecule has 0 saturated carbocycles. The number of nitrogens with one attached hydrogen (secondary N) is 1. The van der Waals surface area contributed by atoms with Crippen molar-refractivity contribution in [3.63, 3.8) is 0 Å². The highest BCUT2D eigenvalue weighted by Gasteiger charge is 2.23. The normalized spacial score (nSPS) is 13.7. The van der Waals surface area contributed by atoms with Crippen LogP contribution in [0.4, 0.5) is 17.2 Å². The molecule has 0 aliphatic carbocycles. The Morgan fingerprint density at radius 1 is 1.00 bits per heavy atom. The molecule has 1 aliphatic heterocycles. The predicted molar refractivity (Wildman–Crippen MR) is 132 cm³/mol. The van der Waals surface area contributed by atoms with Crippen LogP contribution in [-0.2, 0) is 18.4 Å². The van der Waals surface area contributed by atoms with Gasteiger partial charge in [0, 0.05) is 29.9 Å². The molecule has 0 spiro atoms. The van der Waals surface area contributed by atoms with E-state index >= 15 is 0 Å². The molecule has 3 aromatic rings. The fourth-order valence-electron chi connectivity index (χ4n) is 3.93. The Morgan fingerprint density at radius 3 is 2.39 bits per heavy atom. The highest BCUT2D eigenvalue weighted by Crippen LogP contribution is 2.33. The van der Waals surface area contributed by atoms with Crippen molar-refractivity contribution in [3.05, 3.63) is 75.4 Å². The second kappa shape index (κ2) is 9.99. The fourth-order valence-corrected chi connectivity index (χ4v) is 4.85. The van der Waals surface area contributed by atoms with E-state index in [1.54, 1.807) is 6.07 Å². The van der Waals surface area contributed by atoms with Crippen LogP contribution in [0.15, 0.2) is 74.0 Å². The summed E-state index contributed by atoms with van der Waals surface area (Å²) in [7, 11) is 1.52. The maximum Gasteiger partial charge on any atom is 0.332 e. The number of hydrogen-bond donors (Lipinski definition) is 2. The number of nitrogens with two attached hydrogens (primary N) is 1. The van der Waals surface area contributed by atoms with Crippen LogP contribution in [0, 0.1) is 0 Å². The van der Waals surface area contributed by atoms with Gasteiger partial charge in [-0.3, -0.25) is 14.2 Å². The topological polar surface area (TPSA) is 102 Å². The van der Waals surface area contributed by atoms with Crippen molar-refractivity contribution in [1.29, 1.82) is 0 Å². The summed E-state index contributed by atoms with van der Waals surface area (Å²) in [6.07, 6.45) is 3.01. The summed E-state index contributed by atoms with van der Waals surface area (Å²) < 4.78 is 2.19. The molecule has 3 N–H and O–H groups in total. The van der Waals surface area contributed by atoms with Crippen LogP contribution in [-0.4, -0.2) is 28.1 Å². The second-order valence-electron chi connectivity index (χ2n) is 7.97. The zero-order valence-corrected chi connectivity index (χ0v) is 19.3. The minimum Gasteiger partial charge on any atom is -0.383 e. The summed E-state index contributed by atoms with van der Waals surface area (Å²) in [5.41, 5.74) is 5.91. The monoisotopic (exact) mass is 465 g/mol. The Bertz CT molecular complexity index is 1260. The summed E-state index contributed by atoms with van der Waals surface area (Å²) in [4.78, 5) is 42.7. The molecule has 0 unspecified atom stereocenters. The third kappa shape index (κ3) is 4.98. The number of nitrogens with zero attached hydrogens (tertiary/aromatic N) is 3.